The zero-order valence-electron chi connectivity index (χ0n) is 64.5. The molecule has 0 amide bonds. The normalized spacial score (nSPS) is 12.7. The number of nitrogens with zero attached hydrogens (tertiary/aromatic N) is 2. The summed E-state index contributed by atoms with van der Waals surface area (Å²) in [6.45, 7) is 0. The standard InChI is InChI=1S/C116H62N4/c1-9-41-73-65(25-1)57-66-26-2-10-42-74(66)93(73)105-109-97-81-49-17-33-61-35-19-51-83(89(61)81)99(97)111(117-109)106(94-75-43-11-3-27-67(75)58-68-28-4-12-44-76(68)94)113-101-85-53-21-37-63-39-23-55-87(91(63)85)103(101)115(119-113)108(96-79-47-15-7-31-71(79)60-72-32-8-16-48-80(72)96)116-104-88-56-24-40-64-38-22-54-86(92(64)88)102(104)114(120-116)107(95-77-45-13-5-29-69(77)59-70-30-6-14-46-78(70)95)112-100-84-52-20-36-62-34-18-50-82(90(62)84)98(100)110(105)118-112/h1-60,117,120H. The van der Waals surface area contributed by atoms with Gasteiger partial charge in [0, 0.05) is 87.6 Å². The lowest BCUT2D eigenvalue weighted by atomic mass is 9.90. The van der Waals surface area contributed by atoms with Crippen LogP contribution in [-0.2, 0) is 0 Å². The topological polar surface area (TPSA) is 57.4 Å². The summed E-state index contributed by atoms with van der Waals surface area (Å²) >= 11 is 0. The van der Waals surface area contributed by atoms with Crippen molar-refractivity contribution in [3.05, 3.63) is 364 Å². The first-order valence-corrected chi connectivity index (χ1v) is 41.8. The Morgan fingerprint density at radius 1 is 0.125 bits per heavy atom. The highest BCUT2D eigenvalue weighted by Crippen LogP contribution is 2.60. The Labute approximate surface area is 683 Å². The predicted octanol–water partition coefficient (Wildman–Crippen LogP) is 32.4. The summed E-state index contributed by atoms with van der Waals surface area (Å²) in [4.78, 5) is 23.6. The van der Waals surface area contributed by atoms with Gasteiger partial charge >= 0.3 is 0 Å². The summed E-state index contributed by atoms with van der Waals surface area (Å²) in [6, 6.07) is 139. The van der Waals surface area contributed by atoms with Crippen LogP contribution in [0.4, 0.5) is 0 Å². The van der Waals surface area contributed by atoms with Gasteiger partial charge in [-0.05, 0) is 197 Å². The molecule has 29 rings (SSSR count). The van der Waals surface area contributed by atoms with Crippen LogP contribution in [0.25, 0.3) is 304 Å². The fourth-order valence-electron chi connectivity index (χ4n) is 23.1. The molecule has 25 aromatic carbocycles. The number of H-pyrrole nitrogens is 2. The van der Waals surface area contributed by atoms with Gasteiger partial charge in [0.15, 0.2) is 0 Å². The number of hydrogen-bond donors (Lipinski definition) is 2. The second kappa shape index (κ2) is 23.0. The molecule has 2 N–H and O–H groups in total. The predicted molar refractivity (Wildman–Crippen MR) is 515 cm³/mol. The highest BCUT2D eigenvalue weighted by Gasteiger charge is 2.34. The molecular weight excluding hydrogens is 1450 g/mol. The quantitative estimate of drug-likeness (QED) is 0.173. The van der Waals surface area contributed by atoms with Crippen molar-refractivity contribution in [2.75, 3.05) is 0 Å². The fourth-order valence-corrected chi connectivity index (χ4v) is 23.1. The fraction of sp³-hybridized carbons (Fsp3) is 0. The number of fused-ring (bicyclic) bond motifs is 8. The molecule has 0 saturated heterocycles. The molecule has 0 spiro atoms. The van der Waals surface area contributed by atoms with E-state index < -0.39 is 0 Å². The van der Waals surface area contributed by atoms with Gasteiger partial charge in [-0.25, -0.2) is 9.97 Å². The summed E-state index contributed by atoms with van der Waals surface area (Å²) in [7, 11) is 0. The van der Waals surface area contributed by atoms with Crippen LogP contribution in [0.2, 0.25) is 0 Å². The highest BCUT2D eigenvalue weighted by molar-refractivity contribution is 6.49. The molecular formula is C116H62N4. The average molecular weight is 1510 g/mol. The third-order valence-electron chi connectivity index (χ3n) is 27.7. The first kappa shape index (κ1) is 63.4. The molecule has 0 atom stereocenters. The molecule has 120 heavy (non-hydrogen) atoms. The van der Waals surface area contributed by atoms with E-state index in [9.17, 15) is 0 Å². The van der Waals surface area contributed by atoms with Crippen LogP contribution in [0.3, 0.4) is 0 Å². The zero-order valence-corrected chi connectivity index (χ0v) is 64.5. The summed E-state index contributed by atoms with van der Waals surface area (Å²) in [6.07, 6.45) is 0. The van der Waals surface area contributed by atoms with Gasteiger partial charge in [-0.2, -0.15) is 0 Å². The van der Waals surface area contributed by atoms with Crippen LogP contribution in [0.15, 0.2) is 364 Å². The van der Waals surface area contributed by atoms with Crippen LogP contribution >= 0.6 is 0 Å². The molecule has 546 valence electrons. The molecule has 0 aliphatic heterocycles. The van der Waals surface area contributed by atoms with Crippen LogP contribution in [0, 0.1) is 0 Å². The number of hydrogen-bond acceptors (Lipinski definition) is 2. The van der Waals surface area contributed by atoms with Crippen molar-refractivity contribution in [3.63, 3.8) is 0 Å². The summed E-state index contributed by atoms with van der Waals surface area (Å²) in [5, 5.41) is 46.0. The maximum Gasteiger partial charge on any atom is 0.0823 e. The van der Waals surface area contributed by atoms with E-state index >= 15 is 0 Å². The molecule has 4 heteroatoms. The minimum absolute atomic E-state index is 0.898. The minimum Gasteiger partial charge on any atom is -0.353 e. The third kappa shape index (κ3) is 8.05. The van der Waals surface area contributed by atoms with E-state index in [-0.39, 0.29) is 0 Å². The minimum atomic E-state index is 0.898. The number of rotatable bonds is 4. The molecule has 0 saturated carbocycles. The Morgan fingerprint density at radius 2 is 0.275 bits per heavy atom. The Bertz CT molecular complexity index is 8190. The SMILES string of the molecule is c1ccc2c(-c3c4nc(c(-c5c6ccccc6cc6ccccc56)c5[nH]c(c(-c6c7ccccc7cc7ccccc67)c6nc(c(-c7c8ccccc8cc8ccccc78)c7[nH]c3c3c8cccc9cccc(c98)c73)c3c7cccc8cccc(c87)c63)c3c6cccc7cccc(c76)c53)c3c5cccc6cccc(c65)c43)c3ccccc3cc2c1. The lowest BCUT2D eigenvalue weighted by Gasteiger charge is -2.15. The lowest BCUT2D eigenvalue weighted by molar-refractivity contribution is 1.50. The van der Waals surface area contributed by atoms with Gasteiger partial charge in [0.1, 0.15) is 0 Å². The summed E-state index contributed by atoms with van der Waals surface area (Å²) in [5.74, 6) is 0. The van der Waals surface area contributed by atoms with E-state index in [1.807, 2.05) is 0 Å². The number of nitrogens with one attached hydrogen (secondary N) is 2. The van der Waals surface area contributed by atoms with Gasteiger partial charge < -0.3 is 9.97 Å². The maximum atomic E-state index is 6.99. The smallest absolute Gasteiger partial charge is 0.0823 e. The molecule has 4 heterocycles. The van der Waals surface area contributed by atoms with Gasteiger partial charge in [-0.3, -0.25) is 0 Å². The molecule has 0 radical (unpaired) electrons. The van der Waals surface area contributed by atoms with Crippen molar-refractivity contribution in [1.29, 1.82) is 0 Å². The lowest BCUT2D eigenvalue weighted by Crippen LogP contribution is -1.91. The molecule has 0 unspecified atom stereocenters. The molecule has 0 aliphatic carbocycles. The van der Waals surface area contributed by atoms with Gasteiger partial charge in [-0.1, -0.05) is 340 Å². The van der Waals surface area contributed by atoms with Crippen molar-refractivity contribution in [1.82, 2.24) is 19.9 Å². The second-order valence-electron chi connectivity index (χ2n) is 33.5. The second-order valence-corrected chi connectivity index (χ2v) is 33.5. The monoisotopic (exact) mass is 1510 g/mol. The van der Waals surface area contributed by atoms with Gasteiger partial charge in [-0.15, -0.1) is 0 Å². The van der Waals surface area contributed by atoms with Crippen LogP contribution < -0.4 is 0 Å². The van der Waals surface area contributed by atoms with E-state index in [1.54, 1.807) is 0 Å². The first-order valence-electron chi connectivity index (χ1n) is 41.8. The highest BCUT2D eigenvalue weighted by atomic mass is 14.8. The van der Waals surface area contributed by atoms with Crippen molar-refractivity contribution >= 4 is 260 Å². The van der Waals surface area contributed by atoms with Crippen molar-refractivity contribution in [2.24, 2.45) is 0 Å². The van der Waals surface area contributed by atoms with E-state index in [0.29, 0.717) is 0 Å². The summed E-state index contributed by atoms with van der Waals surface area (Å²) in [5.41, 5.74) is 16.0. The summed E-state index contributed by atoms with van der Waals surface area (Å²) < 4.78 is 0. The maximum absolute atomic E-state index is 6.99. The molecule has 8 bridgehead atoms. The van der Waals surface area contributed by atoms with Gasteiger partial charge in [0.2, 0.25) is 0 Å². The van der Waals surface area contributed by atoms with E-state index in [4.69, 9.17) is 19.9 Å². The van der Waals surface area contributed by atoms with Gasteiger partial charge in [0.05, 0.1) is 44.1 Å². The Balaban J connectivity index is 1.05. The molecule has 0 aliphatic rings. The first-order chi connectivity index (χ1) is 59.6. The van der Waals surface area contributed by atoms with Crippen molar-refractivity contribution < 1.29 is 0 Å². The third-order valence-corrected chi connectivity index (χ3v) is 27.7. The number of aromatic nitrogens is 4. The zero-order chi connectivity index (χ0) is 77.6. The number of benzene rings is 20. The Kier molecular flexibility index (Phi) is 12.2. The molecule has 0 fully saturated rings. The molecule has 4 aromatic heterocycles. The molecule has 29 aromatic rings. The van der Waals surface area contributed by atoms with Crippen LogP contribution in [0.5, 0.6) is 0 Å². The van der Waals surface area contributed by atoms with Gasteiger partial charge in [0.25, 0.3) is 0 Å². The van der Waals surface area contributed by atoms with Crippen LogP contribution in [-0.4, -0.2) is 19.9 Å². The largest absolute Gasteiger partial charge is 0.353 e. The van der Waals surface area contributed by atoms with Crippen molar-refractivity contribution in [3.8, 4) is 44.5 Å². The number of aromatic amines is 2. The van der Waals surface area contributed by atoms with Crippen LogP contribution in [0.1, 0.15) is 0 Å². The van der Waals surface area contributed by atoms with E-state index in [1.165, 1.54) is 64.6 Å². The average Bonchev–Trinajstić information content (AvgIpc) is 1.51. The Morgan fingerprint density at radius 3 is 0.458 bits per heavy atom. The Hall–Kier alpha value is -15.9. The van der Waals surface area contributed by atoms with E-state index in [2.05, 4.69) is 364 Å². The van der Waals surface area contributed by atoms with E-state index in [0.717, 1.165) is 239 Å². The van der Waals surface area contributed by atoms with Crippen molar-refractivity contribution in [2.45, 2.75) is 0 Å². The molecule has 4 nitrogen and oxygen atoms in total.